The van der Waals surface area contributed by atoms with Crippen LogP contribution in [0.15, 0.2) is 18.3 Å². The summed E-state index contributed by atoms with van der Waals surface area (Å²) >= 11 is 0. The molecule has 2 aliphatic carbocycles. The molecule has 2 atom stereocenters. The Morgan fingerprint density at radius 1 is 1.43 bits per heavy atom. The van der Waals surface area contributed by atoms with Crippen LogP contribution in [0.1, 0.15) is 49.4 Å². The molecule has 2 aromatic heterocycles. The van der Waals surface area contributed by atoms with Gasteiger partial charge in [-0.15, -0.1) is 5.10 Å². The maximum absolute atomic E-state index is 12.6. The number of nitrogens with one attached hydrogen (secondary N) is 1. The number of hydrogen-bond donors (Lipinski definition) is 1. The van der Waals surface area contributed by atoms with Gasteiger partial charge in [-0.2, -0.15) is 4.52 Å². The van der Waals surface area contributed by atoms with Gasteiger partial charge in [-0.05, 0) is 48.7 Å². The minimum atomic E-state index is -0.0615. The summed E-state index contributed by atoms with van der Waals surface area (Å²) in [5, 5.41) is 14.5. The van der Waals surface area contributed by atoms with Crippen molar-refractivity contribution >= 4 is 11.6 Å². The van der Waals surface area contributed by atoms with Gasteiger partial charge in [0.2, 0.25) is 0 Å². The Labute approximate surface area is 134 Å². The fraction of sp³-hybridized carbons (Fsp3) is 0.625. The average Bonchev–Trinajstić information content (AvgIpc) is 3.23. The smallest absolute Gasteiger partial charge is 0.253 e. The first-order chi connectivity index (χ1) is 11.2. The predicted molar refractivity (Wildman–Crippen MR) is 83.0 cm³/mol. The highest BCUT2D eigenvalue weighted by Crippen LogP contribution is 2.54. The Morgan fingerprint density at radius 3 is 3.04 bits per heavy atom. The zero-order chi connectivity index (χ0) is 15.9. The van der Waals surface area contributed by atoms with Gasteiger partial charge in [-0.3, -0.25) is 4.79 Å². The van der Waals surface area contributed by atoms with Crippen LogP contribution in [0.4, 0.5) is 0 Å². The Kier molecular flexibility index (Phi) is 3.52. The van der Waals surface area contributed by atoms with Crippen molar-refractivity contribution in [2.75, 3.05) is 6.61 Å². The third kappa shape index (κ3) is 2.30. The molecule has 4 rings (SSSR count). The molecule has 2 aromatic rings. The number of rotatable bonds is 4. The third-order valence-electron chi connectivity index (χ3n) is 5.45. The number of carbonyl (C=O) groups excluding carboxylic acids is 1. The quantitative estimate of drug-likeness (QED) is 0.926. The van der Waals surface area contributed by atoms with Crippen LogP contribution in [0.2, 0.25) is 0 Å². The topological polar surface area (TPSA) is 81.4 Å². The zero-order valence-electron chi connectivity index (χ0n) is 13.2. The lowest BCUT2D eigenvalue weighted by Gasteiger charge is -2.54. The summed E-state index contributed by atoms with van der Waals surface area (Å²) in [5.41, 5.74) is 1.36. The summed E-state index contributed by atoms with van der Waals surface area (Å²) in [6.07, 6.45) is 7.63. The van der Waals surface area contributed by atoms with Gasteiger partial charge in [0.25, 0.3) is 5.91 Å². The molecule has 1 spiro atoms. The van der Waals surface area contributed by atoms with Crippen LogP contribution in [0.5, 0.6) is 0 Å². The summed E-state index contributed by atoms with van der Waals surface area (Å²) in [4.78, 5) is 12.6. The van der Waals surface area contributed by atoms with Crippen molar-refractivity contribution in [1.29, 1.82) is 0 Å². The van der Waals surface area contributed by atoms with E-state index in [1.54, 1.807) is 18.3 Å². The highest BCUT2D eigenvalue weighted by molar-refractivity contribution is 5.94. The molecule has 2 heterocycles. The normalized spacial score (nSPS) is 25.6. The van der Waals surface area contributed by atoms with Crippen molar-refractivity contribution in [1.82, 2.24) is 25.4 Å². The molecule has 1 N–H and O–H groups in total. The molecule has 7 nitrogen and oxygen atoms in total. The standard InChI is InChI=1S/C16H21N5O2/c1-2-23-13-9-12(16(13)7-3-4-8-16)17-15(22)11-5-6-14-18-19-20-21(14)10-11/h5-6,10,12-13H,2-4,7-9H2,1H3,(H,17,22)/t12-,13-/m0/s1. The molecule has 0 saturated heterocycles. The van der Waals surface area contributed by atoms with E-state index in [0.717, 1.165) is 25.9 Å². The summed E-state index contributed by atoms with van der Waals surface area (Å²) in [7, 11) is 0. The van der Waals surface area contributed by atoms with E-state index in [1.807, 2.05) is 6.92 Å². The molecular weight excluding hydrogens is 294 g/mol. The maximum atomic E-state index is 12.6. The predicted octanol–water partition coefficient (Wildman–Crippen LogP) is 1.59. The van der Waals surface area contributed by atoms with E-state index < -0.39 is 0 Å². The van der Waals surface area contributed by atoms with Gasteiger partial charge in [-0.1, -0.05) is 12.8 Å². The second-order valence-electron chi connectivity index (χ2n) is 6.55. The van der Waals surface area contributed by atoms with Crippen molar-refractivity contribution in [3.05, 3.63) is 23.9 Å². The van der Waals surface area contributed by atoms with Gasteiger partial charge < -0.3 is 10.1 Å². The van der Waals surface area contributed by atoms with E-state index in [9.17, 15) is 4.79 Å². The Hall–Kier alpha value is -2.02. The van der Waals surface area contributed by atoms with Crippen LogP contribution in [-0.4, -0.2) is 44.7 Å². The van der Waals surface area contributed by atoms with Gasteiger partial charge in [0, 0.05) is 24.3 Å². The van der Waals surface area contributed by atoms with Crippen LogP contribution in [-0.2, 0) is 4.74 Å². The summed E-state index contributed by atoms with van der Waals surface area (Å²) in [6.45, 7) is 2.78. The van der Waals surface area contributed by atoms with Crippen LogP contribution >= 0.6 is 0 Å². The number of aromatic nitrogens is 4. The minimum Gasteiger partial charge on any atom is -0.378 e. The first-order valence-corrected chi connectivity index (χ1v) is 8.33. The van der Waals surface area contributed by atoms with E-state index in [1.165, 1.54) is 17.4 Å². The molecule has 23 heavy (non-hydrogen) atoms. The van der Waals surface area contributed by atoms with E-state index in [0.29, 0.717) is 17.3 Å². The molecule has 122 valence electrons. The third-order valence-corrected chi connectivity index (χ3v) is 5.45. The first kappa shape index (κ1) is 14.6. The molecule has 2 saturated carbocycles. The molecule has 0 aliphatic heterocycles. The van der Waals surface area contributed by atoms with Crippen molar-refractivity contribution in [2.45, 2.75) is 51.2 Å². The van der Waals surface area contributed by atoms with Crippen LogP contribution < -0.4 is 5.32 Å². The lowest BCUT2D eigenvalue weighted by molar-refractivity contribution is -0.127. The van der Waals surface area contributed by atoms with Crippen LogP contribution in [0.25, 0.3) is 5.65 Å². The fourth-order valence-corrected chi connectivity index (χ4v) is 4.21. The number of nitrogens with zero attached hydrogens (tertiary/aromatic N) is 4. The van der Waals surface area contributed by atoms with Gasteiger partial charge in [0.1, 0.15) is 0 Å². The Morgan fingerprint density at radius 2 is 2.26 bits per heavy atom. The molecule has 0 aromatic carbocycles. The molecular formula is C16H21N5O2. The number of pyridine rings is 1. The highest BCUT2D eigenvalue weighted by atomic mass is 16.5. The SMILES string of the molecule is CCO[C@H]1C[C@H](NC(=O)c2ccc3nnnn3c2)C12CCCC2. The van der Waals surface area contributed by atoms with E-state index in [-0.39, 0.29) is 17.4 Å². The summed E-state index contributed by atoms with van der Waals surface area (Å²) in [5.74, 6) is -0.0615. The summed E-state index contributed by atoms with van der Waals surface area (Å²) < 4.78 is 7.42. The molecule has 1 amide bonds. The second-order valence-corrected chi connectivity index (χ2v) is 6.55. The van der Waals surface area contributed by atoms with Crippen molar-refractivity contribution < 1.29 is 9.53 Å². The first-order valence-electron chi connectivity index (χ1n) is 8.33. The van der Waals surface area contributed by atoms with Gasteiger partial charge in [-0.25, -0.2) is 0 Å². The number of fused-ring (bicyclic) bond motifs is 1. The zero-order valence-corrected chi connectivity index (χ0v) is 13.2. The van der Waals surface area contributed by atoms with Crippen LogP contribution in [0.3, 0.4) is 0 Å². The number of amides is 1. The molecule has 0 unspecified atom stereocenters. The molecule has 0 radical (unpaired) electrons. The van der Waals surface area contributed by atoms with Gasteiger partial charge in [0.15, 0.2) is 5.65 Å². The molecule has 2 aliphatic rings. The average molecular weight is 315 g/mol. The number of ether oxygens (including phenoxy) is 1. The van der Waals surface area contributed by atoms with Gasteiger partial charge >= 0.3 is 0 Å². The Bertz CT molecular complexity index is 722. The van der Waals surface area contributed by atoms with Crippen molar-refractivity contribution in [3.63, 3.8) is 0 Å². The van der Waals surface area contributed by atoms with Crippen molar-refractivity contribution in [2.24, 2.45) is 5.41 Å². The molecule has 7 heteroatoms. The number of carbonyl (C=O) groups is 1. The van der Waals surface area contributed by atoms with E-state index in [4.69, 9.17) is 4.74 Å². The second kappa shape index (κ2) is 5.56. The lowest BCUT2D eigenvalue weighted by Crippen LogP contribution is -2.63. The largest absolute Gasteiger partial charge is 0.378 e. The summed E-state index contributed by atoms with van der Waals surface area (Å²) in [6, 6.07) is 3.73. The number of hydrogen-bond acceptors (Lipinski definition) is 5. The van der Waals surface area contributed by atoms with Crippen molar-refractivity contribution in [3.8, 4) is 0 Å². The maximum Gasteiger partial charge on any atom is 0.253 e. The monoisotopic (exact) mass is 315 g/mol. The highest BCUT2D eigenvalue weighted by Gasteiger charge is 2.57. The minimum absolute atomic E-state index is 0.0615. The van der Waals surface area contributed by atoms with E-state index in [2.05, 4.69) is 20.8 Å². The molecule has 0 bridgehead atoms. The lowest BCUT2D eigenvalue weighted by atomic mass is 9.60. The van der Waals surface area contributed by atoms with Gasteiger partial charge in [0.05, 0.1) is 11.7 Å². The van der Waals surface area contributed by atoms with Crippen LogP contribution in [0, 0.1) is 5.41 Å². The molecule has 2 fully saturated rings. The Balaban J connectivity index is 1.50. The number of tetrazole rings is 1. The van der Waals surface area contributed by atoms with E-state index >= 15 is 0 Å². The fourth-order valence-electron chi connectivity index (χ4n) is 4.21.